The van der Waals surface area contributed by atoms with Crippen molar-refractivity contribution in [3.05, 3.63) is 17.5 Å². The first-order valence-electron chi connectivity index (χ1n) is 8.43. The fourth-order valence-corrected chi connectivity index (χ4v) is 4.10. The maximum atomic E-state index is 12.6. The molecule has 2 heterocycles. The number of carbonyl (C=O) groups is 1. The van der Waals surface area contributed by atoms with Gasteiger partial charge in [0.2, 0.25) is 10.0 Å². The van der Waals surface area contributed by atoms with E-state index < -0.39 is 10.0 Å². The first kappa shape index (κ1) is 18.9. The predicted octanol–water partition coefficient (Wildman–Crippen LogP) is 1.25. The molecule has 2 rings (SSSR count). The molecule has 1 aliphatic heterocycles. The lowest BCUT2D eigenvalue weighted by molar-refractivity contribution is 0.0925. The smallest absolute Gasteiger partial charge is 0.255 e. The summed E-state index contributed by atoms with van der Waals surface area (Å²) >= 11 is 0. The van der Waals surface area contributed by atoms with Gasteiger partial charge in [-0.2, -0.15) is 9.40 Å². The van der Waals surface area contributed by atoms with Crippen molar-refractivity contribution in [3.8, 4) is 0 Å². The lowest BCUT2D eigenvalue weighted by Crippen LogP contribution is -2.42. The lowest BCUT2D eigenvalue weighted by Gasteiger charge is -2.22. The summed E-state index contributed by atoms with van der Waals surface area (Å²) in [7, 11) is -3.25. The van der Waals surface area contributed by atoms with Crippen LogP contribution in [0.2, 0.25) is 0 Å². The number of aromatic nitrogens is 2. The van der Waals surface area contributed by atoms with Gasteiger partial charge in [-0.1, -0.05) is 20.8 Å². The third-order valence-electron chi connectivity index (χ3n) is 4.62. The Morgan fingerprint density at radius 3 is 2.62 bits per heavy atom. The average Bonchev–Trinajstić information content (AvgIpc) is 3.02. The third-order valence-corrected chi connectivity index (χ3v) is 5.85. The minimum Gasteiger partial charge on any atom is -0.348 e. The van der Waals surface area contributed by atoms with Crippen LogP contribution in [0.5, 0.6) is 0 Å². The van der Waals surface area contributed by atoms with Gasteiger partial charge < -0.3 is 5.32 Å². The van der Waals surface area contributed by atoms with Crippen LogP contribution in [0.25, 0.3) is 0 Å². The molecule has 1 N–H and O–H groups in total. The standard InChI is InChI=1S/C16H28N4O3S/c1-6-7-19-8-14(12(4)18-19)16(21)17-15-10-20(24(5,22)23)9-13(15)11(2)3/h8,11,13,15H,6-7,9-10H2,1-5H3,(H,17,21)/t13-,15+/m1/s1. The quantitative estimate of drug-likeness (QED) is 0.831. The third kappa shape index (κ3) is 4.16. The maximum absolute atomic E-state index is 12.6. The molecule has 1 aromatic rings. The summed E-state index contributed by atoms with van der Waals surface area (Å²) in [6.45, 7) is 9.54. The Balaban J connectivity index is 2.14. The molecule has 1 amide bonds. The normalized spacial score (nSPS) is 22.2. The summed E-state index contributed by atoms with van der Waals surface area (Å²) in [5.74, 6) is 0.210. The van der Waals surface area contributed by atoms with Crippen LogP contribution < -0.4 is 5.32 Å². The summed E-state index contributed by atoms with van der Waals surface area (Å²) < 4.78 is 26.9. The predicted molar refractivity (Wildman–Crippen MR) is 93.3 cm³/mol. The Hall–Kier alpha value is -1.41. The lowest BCUT2D eigenvalue weighted by atomic mass is 9.91. The molecule has 1 aliphatic rings. The first-order chi connectivity index (χ1) is 11.1. The van der Waals surface area contributed by atoms with Crippen molar-refractivity contribution in [2.75, 3.05) is 19.3 Å². The van der Waals surface area contributed by atoms with E-state index in [1.54, 1.807) is 10.9 Å². The van der Waals surface area contributed by atoms with E-state index in [4.69, 9.17) is 0 Å². The molecule has 1 saturated heterocycles. The van der Waals surface area contributed by atoms with Crippen LogP contribution in [0.1, 0.15) is 43.2 Å². The highest BCUT2D eigenvalue weighted by Gasteiger charge is 2.39. The molecule has 1 aromatic heterocycles. The van der Waals surface area contributed by atoms with Gasteiger partial charge in [-0.05, 0) is 25.2 Å². The van der Waals surface area contributed by atoms with Crippen molar-refractivity contribution in [3.63, 3.8) is 0 Å². The molecule has 0 aromatic carbocycles. The highest BCUT2D eigenvalue weighted by Crippen LogP contribution is 2.26. The van der Waals surface area contributed by atoms with Crippen LogP contribution in [0.3, 0.4) is 0 Å². The van der Waals surface area contributed by atoms with Crippen molar-refractivity contribution < 1.29 is 13.2 Å². The fourth-order valence-electron chi connectivity index (χ4n) is 3.22. The monoisotopic (exact) mass is 356 g/mol. The van der Waals surface area contributed by atoms with Crippen molar-refractivity contribution in [1.29, 1.82) is 0 Å². The van der Waals surface area contributed by atoms with Gasteiger partial charge in [0.1, 0.15) is 0 Å². The van der Waals surface area contributed by atoms with Crippen molar-refractivity contribution in [2.45, 2.75) is 46.7 Å². The molecule has 0 spiro atoms. The van der Waals surface area contributed by atoms with Gasteiger partial charge in [0.05, 0.1) is 17.5 Å². The van der Waals surface area contributed by atoms with E-state index in [2.05, 4.69) is 31.2 Å². The minimum atomic E-state index is -3.25. The Kier molecular flexibility index (Phi) is 5.70. The van der Waals surface area contributed by atoms with E-state index in [9.17, 15) is 13.2 Å². The molecule has 1 fully saturated rings. The van der Waals surface area contributed by atoms with Crippen molar-refractivity contribution >= 4 is 15.9 Å². The van der Waals surface area contributed by atoms with Gasteiger partial charge in [-0.15, -0.1) is 0 Å². The average molecular weight is 356 g/mol. The van der Waals surface area contributed by atoms with Crippen molar-refractivity contribution in [1.82, 2.24) is 19.4 Å². The van der Waals surface area contributed by atoms with E-state index in [-0.39, 0.29) is 23.8 Å². The Morgan fingerprint density at radius 1 is 1.42 bits per heavy atom. The van der Waals surface area contributed by atoms with Gasteiger partial charge in [0, 0.05) is 31.9 Å². The SMILES string of the molecule is CCCn1cc(C(=O)N[C@H]2CN(S(C)(=O)=O)C[C@@H]2C(C)C)c(C)n1. The number of rotatable bonds is 6. The second-order valence-electron chi connectivity index (χ2n) is 6.96. The van der Waals surface area contributed by atoms with Crippen LogP contribution in [-0.2, 0) is 16.6 Å². The number of aryl methyl sites for hydroxylation is 2. The topological polar surface area (TPSA) is 84.3 Å². The molecule has 0 unspecified atom stereocenters. The van der Waals surface area contributed by atoms with Crippen LogP contribution in [0.15, 0.2) is 6.20 Å². The van der Waals surface area contributed by atoms with E-state index >= 15 is 0 Å². The van der Waals surface area contributed by atoms with E-state index in [0.717, 1.165) is 13.0 Å². The zero-order chi connectivity index (χ0) is 18.1. The number of amides is 1. The Bertz CT molecular complexity index is 696. The molecule has 0 aliphatic carbocycles. The van der Waals surface area contributed by atoms with Gasteiger partial charge in [0.25, 0.3) is 5.91 Å². The van der Waals surface area contributed by atoms with Gasteiger partial charge in [-0.3, -0.25) is 9.48 Å². The van der Waals surface area contributed by atoms with Crippen LogP contribution in [-0.4, -0.2) is 53.8 Å². The zero-order valence-corrected chi connectivity index (χ0v) is 15.9. The molecule has 0 saturated carbocycles. The summed E-state index contributed by atoms with van der Waals surface area (Å²) in [5.41, 5.74) is 1.25. The van der Waals surface area contributed by atoms with Crippen molar-refractivity contribution in [2.24, 2.45) is 11.8 Å². The summed E-state index contributed by atoms with van der Waals surface area (Å²) in [5, 5.41) is 7.38. The molecule has 0 bridgehead atoms. The molecule has 7 nitrogen and oxygen atoms in total. The summed E-state index contributed by atoms with van der Waals surface area (Å²) in [4.78, 5) is 12.6. The number of carbonyl (C=O) groups excluding carboxylic acids is 1. The molecule has 24 heavy (non-hydrogen) atoms. The molecular formula is C16H28N4O3S. The molecule has 2 atom stereocenters. The molecule has 8 heteroatoms. The second-order valence-corrected chi connectivity index (χ2v) is 8.94. The molecule has 0 radical (unpaired) electrons. The first-order valence-corrected chi connectivity index (χ1v) is 10.3. The minimum absolute atomic E-state index is 0.106. The second kappa shape index (κ2) is 7.23. The van der Waals surface area contributed by atoms with Gasteiger partial charge >= 0.3 is 0 Å². The summed E-state index contributed by atoms with van der Waals surface area (Å²) in [6, 6.07) is -0.179. The Labute approximate surface area is 144 Å². The Morgan fingerprint density at radius 2 is 2.08 bits per heavy atom. The van der Waals surface area contributed by atoms with Gasteiger partial charge in [-0.25, -0.2) is 8.42 Å². The fraction of sp³-hybridized carbons (Fsp3) is 0.750. The summed E-state index contributed by atoms with van der Waals surface area (Å²) in [6.07, 6.45) is 3.93. The van der Waals surface area contributed by atoms with E-state index in [0.29, 0.717) is 24.3 Å². The van der Waals surface area contributed by atoms with Crippen LogP contribution in [0, 0.1) is 18.8 Å². The zero-order valence-electron chi connectivity index (χ0n) is 15.1. The number of sulfonamides is 1. The number of nitrogens with zero attached hydrogens (tertiary/aromatic N) is 3. The number of nitrogens with one attached hydrogen (secondary N) is 1. The van der Waals surface area contributed by atoms with E-state index in [1.807, 2.05) is 6.92 Å². The largest absolute Gasteiger partial charge is 0.348 e. The number of hydrogen-bond acceptors (Lipinski definition) is 4. The maximum Gasteiger partial charge on any atom is 0.255 e. The highest BCUT2D eigenvalue weighted by molar-refractivity contribution is 7.88. The van der Waals surface area contributed by atoms with Gasteiger partial charge in [0.15, 0.2) is 0 Å². The molecular weight excluding hydrogens is 328 g/mol. The van der Waals surface area contributed by atoms with Crippen LogP contribution >= 0.6 is 0 Å². The van der Waals surface area contributed by atoms with Crippen LogP contribution in [0.4, 0.5) is 0 Å². The van der Waals surface area contributed by atoms with E-state index in [1.165, 1.54) is 10.6 Å². The number of hydrogen-bond donors (Lipinski definition) is 1. The molecule has 136 valence electrons. The highest BCUT2D eigenvalue weighted by atomic mass is 32.2.